The Labute approximate surface area is 204 Å². The van der Waals surface area contributed by atoms with E-state index in [0.717, 1.165) is 23.6 Å². The van der Waals surface area contributed by atoms with Gasteiger partial charge in [0.25, 0.3) is 0 Å². The molecule has 0 aliphatic carbocycles. The molecule has 0 bridgehead atoms. The van der Waals surface area contributed by atoms with Gasteiger partial charge >= 0.3 is 5.97 Å². The number of rotatable bonds is 13. The smallest absolute Gasteiger partial charge is 0.311 e. The van der Waals surface area contributed by atoms with Crippen molar-refractivity contribution in [1.29, 1.82) is 0 Å². The topological polar surface area (TPSA) is 26.3 Å². The highest BCUT2D eigenvalue weighted by molar-refractivity contribution is 6.18. The number of fused-ring (bicyclic) bond motifs is 5. The first-order valence-electron chi connectivity index (χ1n) is 13.3. The minimum Gasteiger partial charge on any atom is -0.426 e. The second-order valence-electron chi connectivity index (χ2n) is 9.56. The zero-order valence-electron chi connectivity index (χ0n) is 20.7. The lowest BCUT2D eigenvalue weighted by molar-refractivity contribution is -0.134. The Morgan fingerprint density at radius 2 is 1.12 bits per heavy atom. The summed E-state index contributed by atoms with van der Waals surface area (Å²) in [4.78, 5) is 12.5. The predicted molar refractivity (Wildman–Crippen MR) is 146 cm³/mol. The third-order valence-electron chi connectivity index (χ3n) is 6.95. The SMILES string of the molecule is CCCCCCCCCCCCCC(=O)Oc1cccc2c1ccc1c3ccccc3ccc21. The number of benzene rings is 4. The van der Waals surface area contributed by atoms with E-state index in [2.05, 4.69) is 61.5 Å². The molecule has 0 saturated heterocycles. The summed E-state index contributed by atoms with van der Waals surface area (Å²) < 4.78 is 5.82. The highest BCUT2D eigenvalue weighted by Crippen LogP contribution is 2.35. The zero-order chi connectivity index (χ0) is 23.6. The van der Waals surface area contributed by atoms with Gasteiger partial charge in [-0.2, -0.15) is 0 Å². The minimum absolute atomic E-state index is 0.123. The molecule has 0 aliphatic rings. The molecule has 0 N–H and O–H groups in total. The maximum Gasteiger partial charge on any atom is 0.311 e. The summed E-state index contributed by atoms with van der Waals surface area (Å²) in [5.41, 5.74) is 0. The average Bonchev–Trinajstić information content (AvgIpc) is 2.87. The summed E-state index contributed by atoms with van der Waals surface area (Å²) in [6, 6.07) is 23.1. The number of carbonyl (C=O) groups excluding carboxylic acids is 1. The molecule has 4 aromatic carbocycles. The number of carbonyl (C=O) groups is 1. The fourth-order valence-corrected chi connectivity index (χ4v) is 5.02. The summed E-state index contributed by atoms with van der Waals surface area (Å²) in [6.45, 7) is 2.26. The maximum absolute atomic E-state index is 12.5. The molecule has 0 fully saturated rings. The zero-order valence-corrected chi connectivity index (χ0v) is 20.7. The molecular weight excluding hydrogens is 416 g/mol. The molecule has 2 nitrogen and oxygen atoms in total. The molecule has 0 aromatic heterocycles. The van der Waals surface area contributed by atoms with Crippen molar-refractivity contribution < 1.29 is 9.53 Å². The van der Waals surface area contributed by atoms with Crippen LogP contribution in [0.25, 0.3) is 32.3 Å². The van der Waals surface area contributed by atoms with Crippen LogP contribution in [0.3, 0.4) is 0 Å². The molecule has 0 spiro atoms. The van der Waals surface area contributed by atoms with Crippen LogP contribution in [0.5, 0.6) is 5.75 Å². The van der Waals surface area contributed by atoms with Gasteiger partial charge in [0.15, 0.2) is 0 Å². The molecular formula is C32H38O2. The molecule has 0 amide bonds. The maximum atomic E-state index is 12.5. The first-order chi connectivity index (χ1) is 16.8. The van der Waals surface area contributed by atoms with Crippen molar-refractivity contribution in [2.45, 2.75) is 84.0 Å². The molecule has 178 valence electrons. The van der Waals surface area contributed by atoms with Gasteiger partial charge in [0.05, 0.1) is 0 Å². The molecule has 2 heteroatoms. The van der Waals surface area contributed by atoms with Crippen LogP contribution in [0.4, 0.5) is 0 Å². The Morgan fingerprint density at radius 3 is 1.88 bits per heavy atom. The van der Waals surface area contributed by atoms with Gasteiger partial charge in [-0.25, -0.2) is 0 Å². The van der Waals surface area contributed by atoms with E-state index in [4.69, 9.17) is 4.74 Å². The van der Waals surface area contributed by atoms with Gasteiger partial charge in [0.1, 0.15) is 5.75 Å². The fraction of sp³-hybridized carbons (Fsp3) is 0.406. The molecule has 0 unspecified atom stereocenters. The van der Waals surface area contributed by atoms with Gasteiger partial charge in [-0.15, -0.1) is 0 Å². The van der Waals surface area contributed by atoms with Crippen LogP contribution in [0, 0.1) is 0 Å². The fourth-order valence-electron chi connectivity index (χ4n) is 5.02. The lowest BCUT2D eigenvalue weighted by Crippen LogP contribution is -2.07. The van der Waals surface area contributed by atoms with Crippen molar-refractivity contribution in [1.82, 2.24) is 0 Å². The van der Waals surface area contributed by atoms with Crippen molar-refractivity contribution in [3.8, 4) is 5.75 Å². The van der Waals surface area contributed by atoms with E-state index in [1.54, 1.807) is 0 Å². The molecule has 34 heavy (non-hydrogen) atoms. The Kier molecular flexibility index (Phi) is 8.96. The van der Waals surface area contributed by atoms with Gasteiger partial charge < -0.3 is 4.74 Å². The van der Waals surface area contributed by atoms with Gasteiger partial charge in [0, 0.05) is 11.8 Å². The van der Waals surface area contributed by atoms with Gasteiger partial charge in [-0.1, -0.05) is 126 Å². The van der Waals surface area contributed by atoms with Crippen molar-refractivity contribution in [2.75, 3.05) is 0 Å². The molecule has 0 heterocycles. The highest BCUT2D eigenvalue weighted by Gasteiger charge is 2.11. The van der Waals surface area contributed by atoms with Crippen LogP contribution in [-0.2, 0) is 4.79 Å². The first kappa shape index (κ1) is 24.3. The van der Waals surface area contributed by atoms with E-state index in [1.807, 2.05) is 12.1 Å². The number of ether oxygens (including phenoxy) is 1. The predicted octanol–water partition coefficient (Wildman–Crippen LogP) is 9.75. The molecule has 4 rings (SSSR count). The number of unbranched alkanes of at least 4 members (excludes halogenated alkanes) is 10. The molecule has 0 aliphatic heterocycles. The van der Waals surface area contributed by atoms with E-state index in [0.29, 0.717) is 12.2 Å². The third-order valence-corrected chi connectivity index (χ3v) is 6.95. The summed E-state index contributed by atoms with van der Waals surface area (Å²) in [6.07, 6.45) is 14.6. The van der Waals surface area contributed by atoms with Crippen LogP contribution in [0.2, 0.25) is 0 Å². The Balaban J connectivity index is 1.28. The molecule has 0 atom stereocenters. The van der Waals surface area contributed by atoms with Crippen LogP contribution in [0.1, 0.15) is 84.0 Å². The molecule has 4 aromatic rings. The van der Waals surface area contributed by atoms with Crippen LogP contribution < -0.4 is 4.74 Å². The standard InChI is InChI=1S/C32H38O2/c1-2-3-4-5-6-7-8-9-10-11-12-20-32(33)34-31-19-15-18-27-29-22-21-25-16-13-14-17-26(25)28(29)23-24-30(27)31/h13-19,21-24H,2-12,20H2,1H3. The van der Waals surface area contributed by atoms with Gasteiger partial charge in [-0.05, 0) is 45.5 Å². The van der Waals surface area contributed by atoms with Crippen molar-refractivity contribution in [3.63, 3.8) is 0 Å². The lowest BCUT2D eigenvalue weighted by atomic mass is 9.97. The second-order valence-corrected chi connectivity index (χ2v) is 9.56. The normalized spacial score (nSPS) is 11.4. The summed E-state index contributed by atoms with van der Waals surface area (Å²) >= 11 is 0. The first-order valence-corrected chi connectivity index (χ1v) is 13.3. The van der Waals surface area contributed by atoms with Crippen molar-refractivity contribution in [2.24, 2.45) is 0 Å². The quantitative estimate of drug-likeness (QED) is 0.0869. The molecule has 0 radical (unpaired) electrons. The van der Waals surface area contributed by atoms with Crippen molar-refractivity contribution >= 4 is 38.3 Å². The molecule has 0 saturated carbocycles. The van der Waals surface area contributed by atoms with E-state index < -0.39 is 0 Å². The highest BCUT2D eigenvalue weighted by atomic mass is 16.5. The van der Waals surface area contributed by atoms with E-state index in [9.17, 15) is 4.79 Å². The third kappa shape index (κ3) is 6.17. The van der Waals surface area contributed by atoms with E-state index in [1.165, 1.54) is 79.3 Å². The monoisotopic (exact) mass is 454 g/mol. The van der Waals surface area contributed by atoms with Gasteiger partial charge in [-0.3, -0.25) is 4.79 Å². The number of hydrogen-bond acceptors (Lipinski definition) is 2. The minimum atomic E-state index is -0.123. The summed E-state index contributed by atoms with van der Waals surface area (Å²) in [5, 5.41) is 7.04. The number of hydrogen-bond donors (Lipinski definition) is 0. The Bertz CT molecular complexity index is 1220. The Morgan fingerprint density at radius 1 is 0.559 bits per heavy atom. The van der Waals surface area contributed by atoms with E-state index in [-0.39, 0.29) is 5.97 Å². The Hall–Kier alpha value is -2.87. The lowest BCUT2D eigenvalue weighted by Gasteiger charge is -2.11. The number of esters is 1. The largest absolute Gasteiger partial charge is 0.426 e. The average molecular weight is 455 g/mol. The summed E-state index contributed by atoms with van der Waals surface area (Å²) in [5.74, 6) is 0.544. The van der Waals surface area contributed by atoms with Crippen LogP contribution >= 0.6 is 0 Å². The van der Waals surface area contributed by atoms with Crippen LogP contribution in [0.15, 0.2) is 66.7 Å². The second kappa shape index (κ2) is 12.6. The van der Waals surface area contributed by atoms with Crippen molar-refractivity contribution in [3.05, 3.63) is 66.7 Å². The van der Waals surface area contributed by atoms with Gasteiger partial charge in [0.2, 0.25) is 0 Å². The van der Waals surface area contributed by atoms with Crippen LogP contribution in [-0.4, -0.2) is 5.97 Å². The summed E-state index contributed by atoms with van der Waals surface area (Å²) in [7, 11) is 0. The van der Waals surface area contributed by atoms with E-state index >= 15 is 0 Å².